The Morgan fingerprint density at radius 2 is 1.79 bits per heavy atom. The molecule has 172 valence electrons. The summed E-state index contributed by atoms with van der Waals surface area (Å²) in [6.07, 6.45) is 4.62. The summed E-state index contributed by atoms with van der Waals surface area (Å²) in [5.74, 6) is 0.121. The van der Waals surface area contributed by atoms with Gasteiger partial charge in [-0.3, -0.25) is 14.2 Å². The van der Waals surface area contributed by atoms with Gasteiger partial charge in [0.15, 0.2) is 0 Å². The Labute approximate surface area is 193 Å². The third-order valence-corrected chi connectivity index (χ3v) is 5.87. The van der Waals surface area contributed by atoms with E-state index in [9.17, 15) is 9.59 Å². The lowest BCUT2D eigenvalue weighted by Gasteiger charge is -2.38. The molecule has 2 amide bonds. The summed E-state index contributed by atoms with van der Waals surface area (Å²) in [6.45, 7) is 5.80. The summed E-state index contributed by atoms with van der Waals surface area (Å²) in [6, 6.07) is 15.0. The van der Waals surface area contributed by atoms with Gasteiger partial charge in [0.25, 0.3) is 5.91 Å². The van der Waals surface area contributed by atoms with Gasteiger partial charge in [0.1, 0.15) is 12.7 Å². The lowest BCUT2D eigenvalue weighted by atomic mass is 9.89. The van der Waals surface area contributed by atoms with Crippen LogP contribution in [0.3, 0.4) is 0 Å². The van der Waals surface area contributed by atoms with Crippen LogP contribution in [0.15, 0.2) is 61.2 Å². The average Bonchev–Trinajstić information content (AvgIpc) is 3.34. The first kappa shape index (κ1) is 22.7. The zero-order valence-electron chi connectivity index (χ0n) is 19.1. The molecule has 3 aromatic rings. The fourth-order valence-corrected chi connectivity index (χ4v) is 4.15. The first-order valence-corrected chi connectivity index (χ1v) is 11.2. The molecule has 1 saturated heterocycles. The summed E-state index contributed by atoms with van der Waals surface area (Å²) in [4.78, 5) is 24.4. The topological polar surface area (TPSA) is 98.1 Å². The summed E-state index contributed by atoms with van der Waals surface area (Å²) in [5, 5.41) is 13.6. The summed E-state index contributed by atoms with van der Waals surface area (Å²) in [5.41, 5.74) is 3.11. The Kier molecular flexibility index (Phi) is 6.84. The number of hydrogen-bond donors (Lipinski definition) is 2. The van der Waals surface area contributed by atoms with E-state index in [4.69, 9.17) is 4.74 Å². The molecule has 3 atom stereocenters. The van der Waals surface area contributed by atoms with Gasteiger partial charge in [0.2, 0.25) is 5.91 Å². The molecule has 8 heteroatoms. The van der Waals surface area contributed by atoms with Crippen LogP contribution < -0.4 is 10.6 Å². The molecule has 0 spiro atoms. The molecule has 0 saturated carbocycles. The number of hydrogen-bond acceptors (Lipinski definition) is 5. The van der Waals surface area contributed by atoms with Crippen molar-refractivity contribution >= 4 is 17.5 Å². The molecule has 4 rings (SSSR count). The molecular formula is C25H29N5O3. The minimum atomic E-state index is -0.191. The second-order valence-corrected chi connectivity index (χ2v) is 8.77. The molecule has 1 aliphatic rings. The van der Waals surface area contributed by atoms with Crippen LogP contribution in [0, 0.1) is 5.92 Å². The smallest absolute Gasteiger partial charge is 0.255 e. The predicted octanol–water partition coefficient (Wildman–Crippen LogP) is 3.90. The minimum absolute atomic E-state index is 0.0282. The molecule has 1 aromatic heterocycles. The van der Waals surface area contributed by atoms with Crippen molar-refractivity contribution in [3.8, 4) is 5.69 Å². The van der Waals surface area contributed by atoms with Crippen LogP contribution in [-0.4, -0.2) is 38.7 Å². The number of carbonyl (C=O) groups excluding carboxylic acids is 2. The van der Waals surface area contributed by atoms with E-state index in [1.807, 2.05) is 36.4 Å². The number of nitrogens with one attached hydrogen (secondary N) is 2. The second-order valence-electron chi connectivity index (χ2n) is 8.77. The van der Waals surface area contributed by atoms with Gasteiger partial charge in [0, 0.05) is 29.9 Å². The fourth-order valence-electron chi connectivity index (χ4n) is 4.15. The number of benzene rings is 2. The maximum atomic E-state index is 12.8. The monoisotopic (exact) mass is 447 g/mol. The maximum Gasteiger partial charge on any atom is 0.255 e. The number of rotatable bonds is 6. The van der Waals surface area contributed by atoms with Crippen molar-refractivity contribution in [3.05, 3.63) is 72.3 Å². The number of nitrogens with zero attached hydrogens (tertiary/aromatic N) is 3. The van der Waals surface area contributed by atoms with Crippen LogP contribution in [0.5, 0.6) is 0 Å². The van der Waals surface area contributed by atoms with E-state index in [-0.39, 0.29) is 30.1 Å². The summed E-state index contributed by atoms with van der Waals surface area (Å²) < 4.78 is 8.13. The van der Waals surface area contributed by atoms with E-state index >= 15 is 0 Å². The van der Waals surface area contributed by atoms with Gasteiger partial charge >= 0.3 is 0 Å². The minimum Gasteiger partial charge on any atom is -0.370 e. The number of carbonyl (C=O) groups is 2. The van der Waals surface area contributed by atoms with E-state index in [2.05, 4.69) is 34.7 Å². The van der Waals surface area contributed by atoms with Crippen LogP contribution in [0.25, 0.3) is 5.69 Å². The normalized spacial score (nSPS) is 20.4. The van der Waals surface area contributed by atoms with Crippen molar-refractivity contribution in [3.63, 3.8) is 0 Å². The van der Waals surface area contributed by atoms with E-state index in [0.29, 0.717) is 23.6 Å². The summed E-state index contributed by atoms with van der Waals surface area (Å²) in [7, 11) is 0. The van der Waals surface area contributed by atoms with E-state index in [1.165, 1.54) is 0 Å². The average molecular weight is 448 g/mol. The molecule has 1 aliphatic heterocycles. The largest absolute Gasteiger partial charge is 0.370 e. The van der Waals surface area contributed by atoms with Crippen LogP contribution in [-0.2, 0) is 9.53 Å². The van der Waals surface area contributed by atoms with Crippen LogP contribution in [0.2, 0.25) is 0 Å². The first-order valence-electron chi connectivity index (χ1n) is 11.2. The maximum absolute atomic E-state index is 12.8. The Bertz CT molecular complexity index is 1100. The molecule has 0 bridgehead atoms. The number of anilines is 1. The van der Waals surface area contributed by atoms with E-state index in [0.717, 1.165) is 17.7 Å². The van der Waals surface area contributed by atoms with Gasteiger partial charge in [-0.1, -0.05) is 26.0 Å². The lowest BCUT2D eigenvalue weighted by molar-refractivity contribution is -0.123. The van der Waals surface area contributed by atoms with Crippen molar-refractivity contribution in [1.29, 1.82) is 0 Å². The highest BCUT2D eigenvalue weighted by molar-refractivity contribution is 6.04. The van der Waals surface area contributed by atoms with Crippen LogP contribution in [0.4, 0.5) is 5.69 Å². The van der Waals surface area contributed by atoms with Crippen LogP contribution >= 0.6 is 0 Å². The van der Waals surface area contributed by atoms with Gasteiger partial charge in [-0.2, -0.15) is 0 Å². The van der Waals surface area contributed by atoms with Gasteiger partial charge in [-0.05, 0) is 60.7 Å². The number of aromatic nitrogens is 3. The highest BCUT2D eigenvalue weighted by Crippen LogP contribution is 2.35. The molecule has 2 heterocycles. The van der Waals surface area contributed by atoms with Crippen molar-refractivity contribution < 1.29 is 14.3 Å². The molecule has 33 heavy (non-hydrogen) atoms. The SMILES string of the molecule is CC(=O)N[C@H]1C[C@@H](c2cccc(NC(=O)c3ccc(-n4cnnc4)cc3)c2)O[C@@H](C(C)C)C1. The Morgan fingerprint density at radius 1 is 1.06 bits per heavy atom. The zero-order chi connectivity index (χ0) is 23.4. The highest BCUT2D eigenvalue weighted by Gasteiger charge is 2.32. The Morgan fingerprint density at radius 3 is 2.45 bits per heavy atom. The van der Waals surface area contributed by atoms with Gasteiger partial charge < -0.3 is 15.4 Å². The second kappa shape index (κ2) is 9.95. The number of amides is 2. The van der Waals surface area contributed by atoms with Crippen LogP contribution in [0.1, 0.15) is 55.6 Å². The molecule has 0 radical (unpaired) electrons. The third kappa shape index (κ3) is 5.64. The predicted molar refractivity (Wildman–Crippen MR) is 125 cm³/mol. The Balaban J connectivity index is 1.46. The molecule has 0 unspecified atom stereocenters. The Hall–Kier alpha value is -3.52. The first-order chi connectivity index (χ1) is 15.9. The molecule has 0 aliphatic carbocycles. The molecule has 8 nitrogen and oxygen atoms in total. The standard InChI is InChI=1S/C25H29N5O3/c1-16(2)23-12-21(28-17(3)31)13-24(33-23)19-5-4-6-20(11-19)29-25(32)18-7-9-22(10-8-18)30-14-26-27-15-30/h4-11,14-16,21,23-24H,12-13H2,1-3H3,(H,28,31)(H,29,32)/t21-,23-,24+/m1/s1. The van der Waals surface area contributed by atoms with E-state index < -0.39 is 0 Å². The third-order valence-electron chi connectivity index (χ3n) is 5.87. The van der Waals surface area contributed by atoms with Gasteiger partial charge in [-0.15, -0.1) is 10.2 Å². The van der Waals surface area contributed by atoms with Crippen molar-refractivity contribution in [2.75, 3.05) is 5.32 Å². The van der Waals surface area contributed by atoms with E-state index in [1.54, 1.807) is 36.3 Å². The molecule has 1 fully saturated rings. The molecule has 2 N–H and O–H groups in total. The van der Waals surface area contributed by atoms with Crippen molar-refractivity contribution in [2.24, 2.45) is 5.92 Å². The van der Waals surface area contributed by atoms with Crippen molar-refractivity contribution in [2.45, 2.75) is 51.9 Å². The number of ether oxygens (including phenoxy) is 1. The lowest BCUT2D eigenvalue weighted by Crippen LogP contribution is -2.43. The van der Waals surface area contributed by atoms with Gasteiger partial charge in [0.05, 0.1) is 12.2 Å². The fraction of sp³-hybridized carbons (Fsp3) is 0.360. The zero-order valence-corrected chi connectivity index (χ0v) is 19.1. The van der Waals surface area contributed by atoms with Crippen molar-refractivity contribution in [1.82, 2.24) is 20.1 Å². The molecular weight excluding hydrogens is 418 g/mol. The van der Waals surface area contributed by atoms with Gasteiger partial charge in [-0.25, -0.2) is 0 Å². The summed E-state index contributed by atoms with van der Waals surface area (Å²) >= 11 is 0. The quantitative estimate of drug-likeness (QED) is 0.597. The highest BCUT2D eigenvalue weighted by atomic mass is 16.5. The molecule has 2 aromatic carbocycles.